The largest absolute Gasteiger partial charge is 0.356 e. The molecule has 0 atom stereocenters. The minimum Gasteiger partial charge on any atom is -0.356 e. The summed E-state index contributed by atoms with van der Waals surface area (Å²) in [5.41, 5.74) is 0.806. The number of anilines is 1. The zero-order valence-corrected chi connectivity index (χ0v) is 12.0. The predicted octanol–water partition coefficient (Wildman–Crippen LogP) is 1.17. The number of rotatable bonds is 3. The molecule has 1 aromatic rings. The molecule has 0 aliphatic carbocycles. The maximum Gasteiger partial charge on any atom is 0.243 e. The summed E-state index contributed by atoms with van der Waals surface area (Å²) in [7, 11) is 0. The van der Waals surface area contributed by atoms with Gasteiger partial charge in [0.25, 0.3) is 0 Å². The van der Waals surface area contributed by atoms with Crippen LogP contribution >= 0.6 is 22.6 Å². The fourth-order valence-electron chi connectivity index (χ4n) is 1.55. The van der Waals surface area contributed by atoms with Crippen LogP contribution in [0.2, 0.25) is 0 Å². The molecule has 0 radical (unpaired) electrons. The molecule has 1 aromatic carbocycles. The Hall–Kier alpha value is -1.31. The lowest BCUT2D eigenvalue weighted by Crippen LogP contribution is -2.43. The van der Waals surface area contributed by atoms with Crippen LogP contribution in [0.3, 0.4) is 0 Å². The van der Waals surface area contributed by atoms with Crippen molar-refractivity contribution in [3.05, 3.63) is 27.8 Å². The first-order chi connectivity index (χ1) is 8.74. The van der Waals surface area contributed by atoms with Crippen LogP contribution in [0.25, 0.3) is 0 Å². The lowest BCUT2D eigenvalue weighted by Gasteiger charge is -2.15. The molecular formula is C12H15IN4O. The normalized spacial score (nSPS) is 14.4. The topological polar surface area (TPSA) is 65.5 Å². The van der Waals surface area contributed by atoms with E-state index in [4.69, 9.17) is 0 Å². The Balaban J connectivity index is 1.78. The summed E-state index contributed by atoms with van der Waals surface area (Å²) in [5.74, 6) is 0.630. The van der Waals surface area contributed by atoms with Gasteiger partial charge < -0.3 is 16.0 Å². The molecule has 3 N–H and O–H groups in total. The van der Waals surface area contributed by atoms with Crippen molar-refractivity contribution >= 4 is 40.1 Å². The number of halogens is 1. The predicted molar refractivity (Wildman–Crippen MR) is 80.7 cm³/mol. The number of carbonyl (C=O) groups is 1. The lowest BCUT2D eigenvalue weighted by atomic mass is 10.3. The summed E-state index contributed by atoms with van der Waals surface area (Å²) >= 11 is 2.23. The second-order valence-corrected chi connectivity index (χ2v) is 5.16. The fourth-order valence-corrected chi connectivity index (χ4v) is 1.91. The average Bonchev–Trinajstić information content (AvgIpc) is 2.40. The number of benzene rings is 1. The van der Waals surface area contributed by atoms with E-state index in [9.17, 15) is 4.79 Å². The minimum atomic E-state index is -0.0775. The monoisotopic (exact) mass is 358 g/mol. The molecule has 6 heteroatoms. The van der Waals surface area contributed by atoms with Crippen molar-refractivity contribution in [2.45, 2.75) is 6.42 Å². The van der Waals surface area contributed by atoms with Crippen molar-refractivity contribution in [2.24, 2.45) is 4.99 Å². The van der Waals surface area contributed by atoms with E-state index in [2.05, 4.69) is 43.5 Å². The highest BCUT2D eigenvalue weighted by atomic mass is 127. The smallest absolute Gasteiger partial charge is 0.243 e. The summed E-state index contributed by atoms with van der Waals surface area (Å²) in [6, 6.07) is 7.68. The van der Waals surface area contributed by atoms with Gasteiger partial charge in [-0.3, -0.25) is 9.79 Å². The molecule has 1 aliphatic rings. The van der Waals surface area contributed by atoms with Crippen molar-refractivity contribution in [3.63, 3.8) is 0 Å². The van der Waals surface area contributed by atoms with Gasteiger partial charge in [-0.2, -0.15) is 0 Å². The van der Waals surface area contributed by atoms with Gasteiger partial charge in [0, 0.05) is 22.3 Å². The summed E-state index contributed by atoms with van der Waals surface area (Å²) < 4.78 is 1.14. The molecule has 2 rings (SSSR count). The third-order valence-electron chi connectivity index (χ3n) is 2.44. The van der Waals surface area contributed by atoms with Gasteiger partial charge in [-0.1, -0.05) is 0 Å². The van der Waals surface area contributed by atoms with Gasteiger partial charge >= 0.3 is 0 Å². The Bertz CT molecular complexity index is 444. The number of nitrogens with one attached hydrogen (secondary N) is 3. The summed E-state index contributed by atoms with van der Waals surface area (Å²) in [5, 5.41) is 8.90. The Labute approximate surface area is 120 Å². The molecule has 96 valence electrons. The van der Waals surface area contributed by atoms with E-state index in [0.29, 0.717) is 5.96 Å². The van der Waals surface area contributed by atoms with Crippen LogP contribution in [0, 0.1) is 3.57 Å². The first-order valence-corrected chi connectivity index (χ1v) is 6.89. The van der Waals surface area contributed by atoms with Crippen LogP contribution in [-0.2, 0) is 4.79 Å². The molecule has 1 amide bonds. The number of hydrogen-bond acceptors (Lipinski definition) is 4. The highest BCUT2D eigenvalue weighted by molar-refractivity contribution is 14.1. The SMILES string of the molecule is O=C(CNC1=NCCCN1)Nc1ccc(I)cc1. The zero-order chi connectivity index (χ0) is 12.8. The third-order valence-corrected chi connectivity index (χ3v) is 3.16. The molecule has 1 heterocycles. The quantitative estimate of drug-likeness (QED) is 0.711. The van der Waals surface area contributed by atoms with Gasteiger partial charge in [0.15, 0.2) is 5.96 Å². The Kier molecular flexibility index (Phi) is 4.80. The van der Waals surface area contributed by atoms with Crippen molar-refractivity contribution in [3.8, 4) is 0 Å². The van der Waals surface area contributed by atoms with Gasteiger partial charge in [-0.15, -0.1) is 0 Å². The number of nitrogens with zero attached hydrogens (tertiary/aromatic N) is 1. The molecule has 0 unspecified atom stereocenters. The fraction of sp³-hybridized carbons (Fsp3) is 0.333. The Morgan fingerprint density at radius 1 is 1.39 bits per heavy atom. The maximum absolute atomic E-state index is 11.7. The maximum atomic E-state index is 11.7. The van der Waals surface area contributed by atoms with Gasteiger partial charge in [0.05, 0.1) is 6.54 Å². The molecule has 5 nitrogen and oxygen atoms in total. The second kappa shape index (κ2) is 6.58. The van der Waals surface area contributed by atoms with Crippen LogP contribution < -0.4 is 16.0 Å². The number of aliphatic imine (C=N–C) groups is 1. The number of carbonyl (C=O) groups excluding carboxylic acids is 1. The van der Waals surface area contributed by atoms with E-state index in [-0.39, 0.29) is 12.5 Å². The molecule has 0 saturated heterocycles. The van der Waals surface area contributed by atoms with E-state index in [0.717, 1.165) is 28.8 Å². The first kappa shape index (κ1) is 13.1. The standard InChI is InChI=1S/C12H15IN4O/c13-9-2-4-10(5-3-9)17-11(18)8-16-12-14-6-1-7-15-12/h2-5H,1,6-8H2,(H,17,18)(H2,14,15,16). The zero-order valence-electron chi connectivity index (χ0n) is 9.87. The van der Waals surface area contributed by atoms with Gasteiger partial charge in [0.1, 0.15) is 0 Å². The third kappa shape index (κ3) is 4.17. The summed E-state index contributed by atoms with van der Waals surface area (Å²) in [6.07, 6.45) is 1.04. The van der Waals surface area contributed by atoms with Crippen LogP contribution in [0.1, 0.15) is 6.42 Å². The van der Waals surface area contributed by atoms with Crippen molar-refractivity contribution in [2.75, 3.05) is 25.0 Å². The Morgan fingerprint density at radius 2 is 2.17 bits per heavy atom. The van der Waals surface area contributed by atoms with E-state index in [1.807, 2.05) is 24.3 Å². The number of guanidine groups is 1. The molecular weight excluding hydrogens is 343 g/mol. The molecule has 0 saturated carbocycles. The first-order valence-electron chi connectivity index (χ1n) is 5.81. The second-order valence-electron chi connectivity index (χ2n) is 3.92. The highest BCUT2D eigenvalue weighted by Crippen LogP contribution is 2.10. The van der Waals surface area contributed by atoms with E-state index in [1.165, 1.54) is 0 Å². The minimum absolute atomic E-state index is 0.0775. The van der Waals surface area contributed by atoms with Crippen LogP contribution in [0.15, 0.2) is 29.3 Å². The van der Waals surface area contributed by atoms with Gasteiger partial charge in [-0.25, -0.2) is 0 Å². The van der Waals surface area contributed by atoms with E-state index >= 15 is 0 Å². The molecule has 0 bridgehead atoms. The molecule has 0 fully saturated rings. The van der Waals surface area contributed by atoms with Crippen LogP contribution in [0.4, 0.5) is 5.69 Å². The van der Waals surface area contributed by atoms with Crippen LogP contribution in [-0.4, -0.2) is 31.5 Å². The van der Waals surface area contributed by atoms with Crippen molar-refractivity contribution < 1.29 is 4.79 Å². The van der Waals surface area contributed by atoms with Crippen LogP contribution in [0.5, 0.6) is 0 Å². The van der Waals surface area contributed by atoms with E-state index < -0.39 is 0 Å². The molecule has 1 aliphatic heterocycles. The number of hydrogen-bond donors (Lipinski definition) is 3. The molecule has 18 heavy (non-hydrogen) atoms. The molecule has 0 spiro atoms. The molecule has 0 aromatic heterocycles. The van der Waals surface area contributed by atoms with Crippen molar-refractivity contribution in [1.29, 1.82) is 0 Å². The number of amides is 1. The summed E-state index contributed by atoms with van der Waals surface area (Å²) in [6.45, 7) is 1.94. The lowest BCUT2D eigenvalue weighted by molar-refractivity contribution is -0.115. The highest BCUT2D eigenvalue weighted by Gasteiger charge is 2.06. The average molecular weight is 358 g/mol. The van der Waals surface area contributed by atoms with Gasteiger partial charge in [-0.05, 0) is 53.3 Å². The Morgan fingerprint density at radius 3 is 2.83 bits per heavy atom. The van der Waals surface area contributed by atoms with Gasteiger partial charge in [0.2, 0.25) is 5.91 Å². The summed E-state index contributed by atoms with van der Waals surface area (Å²) in [4.78, 5) is 15.9. The van der Waals surface area contributed by atoms with E-state index in [1.54, 1.807) is 0 Å². The van der Waals surface area contributed by atoms with Crippen molar-refractivity contribution in [1.82, 2.24) is 10.6 Å².